The van der Waals surface area contributed by atoms with E-state index in [4.69, 9.17) is 4.74 Å². The van der Waals surface area contributed by atoms with Crippen LogP contribution in [-0.4, -0.2) is 22.8 Å². The number of rotatable bonds is 1. The van der Waals surface area contributed by atoms with Crippen LogP contribution in [0.5, 0.6) is 0 Å². The zero-order valence-electron chi connectivity index (χ0n) is 5.67. The molecule has 1 saturated carbocycles. The highest BCUT2D eigenvalue weighted by Crippen LogP contribution is 2.54. The largest absolute Gasteiger partial charge is 0.363 e. The number of hydrogen-bond acceptors (Lipinski definition) is 3. The zero-order valence-corrected chi connectivity index (χ0v) is 5.67. The quantitative estimate of drug-likeness (QED) is 0.420. The summed E-state index contributed by atoms with van der Waals surface area (Å²) in [6, 6.07) is 0. The summed E-state index contributed by atoms with van der Waals surface area (Å²) in [5.74, 6) is -1.08. The summed E-state index contributed by atoms with van der Waals surface area (Å²) in [7, 11) is 0. The smallest absolute Gasteiger partial charge is 0.203 e. The lowest BCUT2D eigenvalue weighted by Crippen LogP contribution is -2.30. The van der Waals surface area contributed by atoms with Gasteiger partial charge in [0.15, 0.2) is 11.9 Å². The van der Waals surface area contributed by atoms with Crippen LogP contribution in [0.4, 0.5) is 0 Å². The second-order valence-electron chi connectivity index (χ2n) is 3.10. The Kier molecular flexibility index (Phi) is 1.01. The van der Waals surface area contributed by atoms with Crippen molar-refractivity contribution in [2.24, 2.45) is 0 Å². The lowest BCUT2D eigenvalue weighted by molar-refractivity contribution is -0.113. The summed E-state index contributed by atoms with van der Waals surface area (Å²) < 4.78 is 4.99. The second kappa shape index (κ2) is 1.60. The first-order valence-electron chi connectivity index (χ1n) is 3.61. The SMILES string of the molecule is O=CC12CCCCC1(O)O2. The van der Waals surface area contributed by atoms with Crippen molar-refractivity contribution in [2.75, 3.05) is 0 Å². The van der Waals surface area contributed by atoms with Crippen molar-refractivity contribution in [3.8, 4) is 0 Å². The summed E-state index contributed by atoms with van der Waals surface area (Å²) in [5, 5.41) is 9.45. The van der Waals surface area contributed by atoms with Gasteiger partial charge in [-0.15, -0.1) is 0 Å². The van der Waals surface area contributed by atoms with E-state index in [9.17, 15) is 9.90 Å². The van der Waals surface area contributed by atoms with E-state index < -0.39 is 11.4 Å². The van der Waals surface area contributed by atoms with Crippen LogP contribution < -0.4 is 0 Å². The molecule has 2 fully saturated rings. The van der Waals surface area contributed by atoms with Gasteiger partial charge in [0.05, 0.1) is 0 Å². The number of hydrogen-bond donors (Lipinski definition) is 1. The monoisotopic (exact) mass is 142 g/mol. The van der Waals surface area contributed by atoms with Crippen molar-refractivity contribution in [3.63, 3.8) is 0 Å². The van der Waals surface area contributed by atoms with E-state index in [1.165, 1.54) is 0 Å². The predicted octanol–water partition coefficient (Wildman–Crippen LogP) is 0.217. The average molecular weight is 142 g/mol. The predicted molar refractivity (Wildman–Crippen MR) is 33.3 cm³/mol. The maximum absolute atomic E-state index is 10.4. The standard InChI is InChI=1S/C7H10O3/c8-5-6-3-1-2-4-7(6,9)10-6/h5,9H,1-4H2. The highest BCUT2D eigenvalue weighted by molar-refractivity contribution is 5.69. The molecule has 0 aromatic rings. The highest BCUT2D eigenvalue weighted by Gasteiger charge is 2.70. The van der Waals surface area contributed by atoms with E-state index in [2.05, 4.69) is 0 Å². The van der Waals surface area contributed by atoms with Crippen molar-refractivity contribution in [1.82, 2.24) is 0 Å². The summed E-state index contributed by atoms with van der Waals surface area (Å²) in [4.78, 5) is 10.4. The molecule has 1 saturated heterocycles. The molecule has 56 valence electrons. The van der Waals surface area contributed by atoms with Gasteiger partial charge in [0, 0.05) is 6.42 Å². The van der Waals surface area contributed by atoms with Gasteiger partial charge >= 0.3 is 0 Å². The molecular formula is C7H10O3. The Morgan fingerprint density at radius 1 is 1.40 bits per heavy atom. The third kappa shape index (κ3) is 0.545. The Labute approximate surface area is 59.0 Å². The zero-order chi connectivity index (χ0) is 7.24. The van der Waals surface area contributed by atoms with E-state index in [0.29, 0.717) is 12.8 Å². The molecule has 2 atom stereocenters. The van der Waals surface area contributed by atoms with Gasteiger partial charge in [-0.1, -0.05) is 0 Å². The average Bonchev–Trinajstić information content (AvgIpc) is 2.56. The van der Waals surface area contributed by atoms with E-state index >= 15 is 0 Å². The first-order valence-corrected chi connectivity index (χ1v) is 3.61. The van der Waals surface area contributed by atoms with Gasteiger partial charge in [-0.2, -0.15) is 0 Å². The molecule has 0 amide bonds. The Morgan fingerprint density at radius 2 is 2.10 bits per heavy atom. The summed E-state index contributed by atoms with van der Waals surface area (Å²) in [6.45, 7) is 0. The van der Waals surface area contributed by atoms with Crippen molar-refractivity contribution in [1.29, 1.82) is 0 Å². The first kappa shape index (κ1) is 6.31. The molecule has 0 radical (unpaired) electrons. The van der Waals surface area contributed by atoms with Crippen LogP contribution in [0, 0.1) is 0 Å². The number of aliphatic hydroxyl groups is 1. The van der Waals surface area contributed by atoms with E-state index in [-0.39, 0.29) is 0 Å². The molecule has 0 aromatic carbocycles. The molecule has 3 heteroatoms. The highest BCUT2D eigenvalue weighted by atomic mass is 16.8. The van der Waals surface area contributed by atoms with Crippen molar-refractivity contribution in [3.05, 3.63) is 0 Å². The fraction of sp³-hybridized carbons (Fsp3) is 0.857. The van der Waals surface area contributed by atoms with Gasteiger partial charge in [0.25, 0.3) is 0 Å². The molecule has 2 unspecified atom stereocenters. The number of epoxide rings is 1. The Morgan fingerprint density at radius 3 is 2.60 bits per heavy atom. The summed E-state index contributed by atoms with van der Waals surface area (Å²) in [6.07, 6.45) is 4.00. The topological polar surface area (TPSA) is 49.8 Å². The normalized spacial score (nSPS) is 51.7. The molecule has 0 spiro atoms. The second-order valence-corrected chi connectivity index (χ2v) is 3.10. The van der Waals surface area contributed by atoms with Crippen LogP contribution >= 0.6 is 0 Å². The van der Waals surface area contributed by atoms with Crippen LogP contribution in [0.2, 0.25) is 0 Å². The molecule has 2 rings (SSSR count). The lowest BCUT2D eigenvalue weighted by Gasteiger charge is -2.15. The van der Waals surface area contributed by atoms with Gasteiger partial charge < -0.3 is 9.84 Å². The molecule has 1 heterocycles. The molecule has 0 bridgehead atoms. The van der Waals surface area contributed by atoms with Crippen LogP contribution in [0.3, 0.4) is 0 Å². The summed E-state index contributed by atoms with van der Waals surface area (Å²) in [5.41, 5.74) is -0.800. The number of aldehydes is 1. The minimum absolute atomic E-state index is 0.617. The minimum atomic E-state index is -1.08. The maximum atomic E-state index is 10.4. The number of carbonyl (C=O) groups excluding carboxylic acids is 1. The van der Waals surface area contributed by atoms with Gasteiger partial charge in [-0.25, -0.2) is 0 Å². The molecule has 10 heavy (non-hydrogen) atoms. The molecule has 2 aliphatic rings. The molecular weight excluding hydrogens is 132 g/mol. The molecule has 0 aromatic heterocycles. The van der Waals surface area contributed by atoms with Crippen molar-refractivity contribution >= 4 is 6.29 Å². The van der Waals surface area contributed by atoms with Crippen LogP contribution in [0.25, 0.3) is 0 Å². The Balaban J connectivity index is 2.20. The van der Waals surface area contributed by atoms with Crippen LogP contribution in [-0.2, 0) is 9.53 Å². The van der Waals surface area contributed by atoms with Crippen molar-refractivity contribution in [2.45, 2.75) is 37.1 Å². The van der Waals surface area contributed by atoms with Crippen LogP contribution in [0.15, 0.2) is 0 Å². The first-order chi connectivity index (χ1) is 4.72. The van der Waals surface area contributed by atoms with Crippen molar-refractivity contribution < 1.29 is 14.6 Å². The lowest BCUT2D eigenvalue weighted by atomic mass is 9.88. The van der Waals surface area contributed by atoms with E-state index in [0.717, 1.165) is 19.1 Å². The van der Waals surface area contributed by atoms with Gasteiger partial charge in [0.2, 0.25) is 5.79 Å². The maximum Gasteiger partial charge on any atom is 0.203 e. The van der Waals surface area contributed by atoms with Crippen LogP contribution in [0.1, 0.15) is 25.7 Å². The van der Waals surface area contributed by atoms with E-state index in [1.807, 2.05) is 0 Å². The minimum Gasteiger partial charge on any atom is -0.363 e. The number of ether oxygens (including phenoxy) is 1. The third-order valence-electron chi connectivity index (χ3n) is 2.47. The Bertz CT molecular complexity index is 176. The Hall–Kier alpha value is -0.410. The molecule has 1 N–H and O–H groups in total. The molecule has 3 nitrogen and oxygen atoms in total. The molecule has 1 aliphatic heterocycles. The molecule has 1 aliphatic carbocycles. The van der Waals surface area contributed by atoms with Gasteiger partial charge in [-0.3, -0.25) is 4.79 Å². The van der Waals surface area contributed by atoms with E-state index in [1.54, 1.807) is 0 Å². The number of carbonyl (C=O) groups is 1. The van der Waals surface area contributed by atoms with Gasteiger partial charge in [0.1, 0.15) is 0 Å². The third-order valence-corrected chi connectivity index (χ3v) is 2.47. The summed E-state index contributed by atoms with van der Waals surface area (Å²) >= 11 is 0. The fourth-order valence-electron chi connectivity index (χ4n) is 1.71. The number of fused-ring (bicyclic) bond motifs is 1. The fourth-order valence-corrected chi connectivity index (χ4v) is 1.71. The van der Waals surface area contributed by atoms with Gasteiger partial charge in [-0.05, 0) is 19.3 Å².